The summed E-state index contributed by atoms with van der Waals surface area (Å²) in [6.07, 6.45) is 6.22. The van der Waals surface area contributed by atoms with E-state index in [-0.39, 0.29) is 5.92 Å². The highest BCUT2D eigenvalue weighted by Gasteiger charge is 2.32. The number of nitrogens with zero attached hydrogens (tertiary/aromatic N) is 2. The second-order valence-corrected chi connectivity index (χ2v) is 8.58. The maximum Gasteiger partial charge on any atom is 0.252 e. The van der Waals surface area contributed by atoms with E-state index >= 15 is 0 Å². The van der Waals surface area contributed by atoms with E-state index in [1.54, 1.807) is 22.8 Å². The van der Waals surface area contributed by atoms with Crippen molar-refractivity contribution >= 4 is 21.4 Å². The van der Waals surface area contributed by atoms with Crippen molar-refractivity contribution in [1.29, 1.82) is 0 Å². The molecule has 5 nitrogen and oxygen atoms in total. The number of sulfonamides is 1. The lowest BCUT2D eigenvalue weighted by Gasteiger charge is -2.30. The van der Waals surface area contributed by atoms with Crippen LogP contribution < -0.4 is 0 Å². The van der Waals surface area contributed by atoms with Crippen LogP contribution in [0.25, 0.3) is 0 Å². The summed E-state index contributed by atoms with van der Waals surface area (Å²) in [7, 11) is -3.37. The molecule has 2 aromatic heterocycles. The number of piperidine rings is 1. The minimum atomic E-state index is -3.37. The smallest absolute Gasteiger partial charge is 0.252 e. The molecule has 1 aliphatic heterocycles. The Balaban J connectivity index is 1.82. The molecule has 0 amide bonds. The monoisotopic (exact) mass is 325 g/mol. The van der Waals surface area contributed by atoms with Crippen molar-refractivity contribution in [3.05, 3.63) is 35.2 Å². The van der Waals surface area contributed by atoms with Gasteiger partial charge in [0, 0.05) is 36.3 Å². The topological polar surface area (TPSA) is 66.1 Å². The zero-order valence-electron chi connectivity index (χ0n) is 11.9. The van der Waals surface area contributed by atoms with Crippen LogP contribution in [0.3, 0.4) is 0 Å². The fourth-order valence-corrected chi connectivity index (χ4v) is 5.67. The molecule has 0 aliphatic carbocycles. The lowest BCUT2D eigenvalue weighted by atomic mass is 9.99. The minimum Gasteiger partial charge on any atom is -0.348 e. The average molecular weight is 325 g/mol. The van der Waals surface area contributed by atoms with Crippen molar-refractivity contribution in [1.82, 2.24) is 14.3 Å². The molecule has 114 valence electrons. The van der Waals surface area contributed by atoms with Crippen molar-refractivity contribution in [2.75, 3.05) is 13.1 Å². The van der Waals surface area contributed by atoms with Crippen molar-refractivity contribution < 1.29 is 8.42 Å². The molecule has 1 aliphatic rings. The lowest BCUT2D eigenvalue weighted by molar-refractivity contribution is 0.310. The van der Waals surface area contributed by atoms with Crippen LogP contribution in [0.4, 0.5) is 0 Å². The molecule has 0 saturated carbocycles. The number of aromatic amines is 1. The van der Waals surface area contributed by atoms with Gasteiger partial charge in [-0.05, 0) is 31.4 Å². The van der Waals surface area contributed by atoms with Gasteiger partial charge in [0.05, 0.1) is 0 Å². The van der Waals surface area contributed by atoms with Gasteiger partial charge in [0.1, 0.15) is 10.0 Å². The molecular weight excluding hydrogens is 306 g/mol. The van der Waals surface area contributed by atoms with Gasteiger partial charge in [0.2, 0.25) is 0 Å². The molecule has 21 heavy (non-hydrogen) atoms. The van der Waals surface area contributed by atoms with E-state index in [0.717, 1.165) is 30.0 Å². The Bertz CT molecular complexity index is 692. The Hall–Kier alpha value is -1.18. The number of nitrogens with one attached hydrogen (secondary N) is 1. The Morgan fingerprint density at radius 1 is 1.48 bits per heavy atom. The van der Waals surface area contributed by atoms with Crippen molar-refractivity contribution in [3.8, 4) is 0 Å². The fourth-order valence-electron chi connectivity index (χ4n) is 2.70. The van der Waals surface area contributed by atoms with E-state index < -0.39 is 10.0 Å². The maximum atomic E-state index is 12.7. The molecule has 1 atom stereocenters. The molecule has 0 radical (unpaired) electrons. The molecule has 7 heteroatoms. The molecule has 0 spiro atoms. The molecule has 1 N–H and O–H groups in total. The third kappa shape index (κ3) is 2.90. The first-order valence-electron chi connectivity index (χ1n) is 7.19. The third-order valence-electron chi connectivity index (χ3n) is 3.87. The SMILES string of the molecule is CCc1ccc(S(=O)(=O)N2CCCC(c3ncc[nH]3)C2)s1. The first-order chi connectivity index (χ1) is 10.1. The number of hydrogen-bond donors (Lipinski definition) is 1. The number of thiophene rings is 1. The van der Waals surface area contributed by atoms with E-state index in [2.05, 4.69) is 9.97 Å². The minimum absolute atomic E-state index is 0.161. The summed E-state index contributed by atoms with van der Waals surface area (Å²) in [5.74, 6) is 1.05. The molecule has 0 aromatic carbocycles. The summed E-state index contributed by atoms with van der Waals surface area (Å²) in [5.41, 5.74) is 0. The highest BCUT2D eigenvalue weighted by molar-refractivity contribution is 7.91. The van der Waals surface area contributed by atoms with Gasteiger partial charge in [-0.2, -0.15) is 4.31 Å². The molecule has 3 heterocycles. The van der Waals surface area contributed by atoms with E-state index in [9.17, 15) is 8.42 Å². The van der Waals surface area contributed by atoms with Gasteiger partial charge in [0.25, 0.3) is 10.0 Å². The van der Waals surface area contributed by atoms with Crippen LogP contribution in [0.2, 0.25) is 0 Å². The van der Waals surface area contributed by atoms with Crippen LogP contribution in [0.5, 0.6) is 0 Å². The van der Waals surface area contributed by atoms with E-state index in [4.69, 9.17) is 0 Å². The Morgan fingerprint density at radius 3 is 3.00 bits per heavy atom. The number of H-pyrrole nitrogens is 1. The van der Waals surface area contributed by atoms with Gasteiger partial charge >= 0.3 is 0 Å². The van der Waals surface area contributed by atoms with Crippen LogP contribution in [-0.2, 0) is 16.4 Å². The summed E-state index contributed by atoms with van der Waals surface area (Å²) < 4.78 is 27.5. The van der Waals surface area contributed by atoms with Crippen LogP contribution in [0, 0.1) is 0 Å². The number of aromatic nitrogens is 2. The summed E-state index contributed by atoms with van der Waals surface area (Å²) >= 11 is 1.38. The molecular formula is C14H19N3O2S2. The van der Waals surface area contributed by atoms with Crippen LogP contribution in [0.1, 0.15) is 36.4 Å². The summed E-state index contributed by atoms with van der Waals surface area (Å²) in [6, 6.07) is 3.64. The highest BCUT2D eigenvalue weighted by Crippen LogP contribution is 2.31. The van der Waals surface area contributed by atoms with Crippen LogP contribution in [-0.4, -0.2) is 35.8 Å². The highest BCUT2D eigenvalue weighted by atomic mass is 32.2. The quantitative estimate of drug-likeness (QED) is 0.939. The Labute approximate surface area is 129 Å². The van der Waals surface area contributed by atoms with Crippen molar-refractivity contribution in [2.24, 2.45) is 0 Å². The van der Waals surface area contributed by atoms with Gasteiger partial charge in [-0.3, -0.25) is 0 Å². The summed E-state index contributed by atoms with van der Waals surface area (Å²) in [6.45, 7) is 3.14. The number of rotatable bonds is 4. The number of imidazole rings is 1. The van der Waals surface area contributed by atoms with Crippen molar-refractivity contribution in [2.45, 2.75) is 36.3 Å². The van der Waals surface area contributed by atoms with Gasteiger partial charge in [-0.15, -0.1) is 11.3 Å². The van der Waals surface area contributed by atoms with Gasteiger partial charge < -0.3 is 4.98 Å². The molecule has 1 fully saturated rings. The Kier molecular flexibility index (Phi) is 4.14. The van der Waals surface area contributed by atoms with Crippen molar-refractivity contribution in [3.63, 3.8) is 0 Å². The number of aryl methyl sites for hydroxylation is 1. The maximum absolute atomic E-state index is 12.7. The standard InChI is InChI=1S/C14H19N3O2S2/c1-2-12-5-6-13(20-12)21(18,19)17-9-3-4-11(10-17)14-15-7-8-16-14/h5-8,11H,2-4,9-10H2,1H3,(H,15,16). The normalized spacial score (nSPS) is 20.7. The van der Waals surface area contributed by atoms with Gasteiger partial charge in [-0.1, -0.05) is 6.92 Å². The zero-order valence-corrected chi connectivity index (χ0v) is 13.6. The predicted octanol–water partition coefficient (Wildman–Crippen LogP) is 2.60. The zero-order chi connectivity index (χ0) is 14.9. The second-order valence-electron chi connectivity index (χ2n) is 5.25. The lowest BCUT2D eigenvalue weighted by Crippen LogP contribution is -2.39. The fraction of sp³-hybridized carbons (Fsp3) is 0.500. The molecule has 0 bridgehead atoms. The molecule has 1 unspecified atom stereocenters. The Morgan fingerprint density at radius 2 is 2.33 bits per heavy atom. The third-order valence-corrected chi connectivity index (χ3v) is 7.43. The van der Waals surface area contributed by atoms with Crippen LogP contribution >= 0.6 is 11.3 Å². The van der Waals surface area contributed by atoms with E-state index in [0.29, 0.717) is 17.3 Å². The second kappa shape index (κ2) is 5.90. The van der Waals surface area contributed by atoms with E-state index in [1.807, 2.05) is 13.0 Å². The van der Waals surface area contributed by atoms with Crippen LogP contribution in [0.15, 0.2) is 28.7 Å². The summed E-state index contributed by atoms with van der Waals surface area (Å²) in [5, 5.41) is 0. The molecule has 1 saturated heterocycles. The van der Waals surface area contributed by atoms with E-state index in [1.165, 1.54) is 11.3 Å². The first-order valence-corrected chi connectivity index (χ1v) is 9.45. The predicted molar refractivity (Wildman–Crippen MR) is 83.0 cm³/mol. The average Bonchev–Trinajstić information content (AvgIpc) is 3.19. The van der Waals surface area contributed by atoms with Gasteiger partial charge in [0.15, 0.2) is 0 Å². The molecule has 2 aromatic rings. The van der Waals surface area contributed by atoms with Gasteiger partial charge in [-0.25, -0.2) is 13.4 Å². The first kappa shape index (κ1) is 14.7. The summed E-state index contributed by atoms with van der Waals surface area (Å²) in [4.78, 5) is 8.48. The number of hydrogen-bond acceptors (Lipinski definition) is 4. The molecule has 3 rings (SSSR count). The largest absolute Gasteiger partial charge is 0.348 e.